The van der Waals surface area contributed by atoms with Gasteiger partial charge in [-0.2, -0.15) is 0 Å². The molecule has 0 aromatic heterocycles. The fraction of sp³-hybridized carbons (Fsp3) is 0.400. The van der Waals surface area contributed by atoms with Crippen molar-refractivity contribution < 1.29 is 9.47 Å². The molecule has 3 rings (SSSR count). The highest BCUT2D eigenvalue weighted by Crippen LogP contribution is 2.41. The van der Waals surface area contributed by atoms with Gasteiger partial charge in [0, 0.05) is 6.04 Å². The summed E-state index contributed by atoms with van der Waals surface area (Å²) in [5.41, 5.74) is 5.71. The van der Waals surface area contributed by atoms with E-state index in [2.05, 4.69) is 0 Å². The maximum atomic E-state index is 6.03. The average Bonchev–Trinajstić information content (AvgIpc) is 2.72. The van der Waals surface area contributed by atoms with E-state index in [4.69, 9.17) is 62.3 Å². The maximum Gasteiger partial charge on any atom is 0.175 e. The molecule has 2 N–H and O–H groups in total. The molecule has 0 bridgehead atoms. The molecule has 1 heterocycles. The van der Waals surface area contributed by atoms with Crippen LogP contribution in [0.4, 0.5) is 0 Å². The number of hydrogen-bond donors (Lipinski definition) is 1. The molecule has 1 unspecified atom stereocenters. The van der Waals surface area contributed by atoms with Crippen LogP contribution in [0.5, 0.6) is 11.5 Å². The van der Waals surface area contributed by atoms with E-state index in [9.17, 15) is 0 Å². The second kappa shape index (κ2) is 3.63. The second-order valence-electron chi connectivity index (χ2n) is 5.01. The molecular weight excluding hydrogens is 231 g/mol. The summed E-state index contributed by atoms with van der Waals surface area (Å²) in [5, 5.41) is -1.29. The van der Waals surface area contributed by atoms with E-state index in [1.165, 1.54) is 0 Å². The highest BCUT2D eigenvalue weighted by atomic mass is 16.7. The standard InChI is InChI=1S/C10H5B6NO2/c11-5-2-1-3(17)9(13,14)4(2)6(12)8-7(5)18-10(15,16)19-8/h3H,1,17H2. The maximum absolute atomic E-state index is 6.03. The second-order valence-corrected chi connectivity index (χ2v) is 5.01. The van der Waals surface area contributed by atoms with Crippen LogP contribution in [-0.4, -0.2) is 58.7 Å². The molecule has 0 amide bonds. The van der Waals surface area contributed by atoms with Crippen molar-refractivity contribution in [1.82, 2.24) is 0 Å². The van der Waals surface area contributed by atoms with Crippen molar-refractivity contribution in [3.8, 4) is 11.5 Å². The number of hydrogen-bond acceptors (Lipinski definition) is 3. The highest BCUT2D eigenvalue weighted by Gasteiger charge is 2.43. The first kappa shape index (κ1) is 13.2. The number of benzene rings is 1. The molecule has 80 valence electrons. The SMILES string of the molecule is [B]c1c2c(c([B])c3c1OC([B])([B])O3)C([B])([B])C(N)C2. The summed E-state index contributed by atoms with van der Waals surface area (Å²) < 4.78 is 10.5. The van der Waals surface area contributed by atoms with Crippen LogP contribution in [0, 0.1) is 0 Å². The lowest BCUT2D eigenvalue weighted by Gasteiger charge is -2.28. The minimum atomic E-state index is -1.81. The molecule has 19 heavy (non-hydrogen) atoms. The first-order valence-corrected chi connectivity index (χ1v) is 5.68. The third-order valence-electron chi connectivity index (χ3n) is 3.59. The molecule has 1 aliphatic heterocycles. The summed E-state index contributed by atoms with van der Waals surface area (Å²) in [4.78, 5) is 0. The van der Waals surface area contributed by atoms with E-state index in [1.807, 2.05) is 0 Å². The van der Waals surface area contributed by atoms with Gasteiger partial charge in [0.1, 0.15) is 15.7 Å². The molecule has 0 saturated heterocycles. The zero-order valence-corrected chi connectivity index (χ0v) is 10.1. The molecule has 1 aromatic rings. The Kier molecular flexibility index (Phi) is 2.52. The van der Waals surface area contributed by atoms with Crippen LogP contribution in [0.15, 0.2) is 0 Å². The van der Waals surface area contributed by atoms with E-state index in [0.717, 1.165) is 0 Å². The van der Waals surface area contributed by atoms with Gasteiger partial charge in [0.05, 0.1) is 15.7 Å². The Morgan fingerprint density at radius 2 is 1.53 bits per heavy atom. The summed E-state index contributed by atoms with van der Waals surface area (Å²) in [5.74, 6) is 0.349. The molecule has 1 atom stereocenters. The van der Waals surface area contributed by atoms with Crippen molar-refractivity contribution >= 4 is 58.0 Å². The summed E-state index contributed by atoms with van der Waals surface area (Å²) in [6.07, 6.45) is 0.386. The van der Waals surface area contributed by atoms with Crippen LogP contribution in [-0.2, 0) is 11.6 Å². The summed E-state index contributed by atoms with van der Waals surface area (Å²) in [6, 6.07) is -0.505. The van der Waals surface area contributed by atoms with Gasteiger partial charge in [0.25, 0.3) is 0 Å². The van der Waals surface area contributed by atoms with E-state index in [0.29, 0.717) is 23.0 Å². The Morgan fingerprint density at radius 3 is 2.11 bits per heavy atom. The zero-order valence-electron chi connectivity index (χ0n) is 10.1. The summed E-state index contributed by atoms with van der Waals surface area (Å²) in [6.45, 7) is 0. The Labute approximate surface area is 119 Å². The highest BCUT2D eigenvalue weighted by molar-refractivity contribution is 6.48. The minimum Gasteiger partial charge on any atom is -0.469 e. The topological polar surface area (TPSA) is 44.5 Å². The van der Waals surface area contributed by atoms with Crippen molar-refractivity contribution in [1.29, 1.82) is 0 Å². The monoisotopic (exact) mass is 237 g/mol. The molecule has 9 heteroatoms. The first-order valence-electron chi connectivity index (χ1n) is 5.68. The Balaban J connectivity index is 2.29. The van der Waals surface area contributed by atoms with E-state index < -0.39 is 16.8 Å². The smallest absolute Gasteiger partial charge is 0.175 e. The predicted molar refractivity (Wildman–Crippen MR) is 77.6 cm³/mol. The molecule has 3 nitrogen and oxygen atoms in total. The molecule has 1 aromatic carbocycles. The van der Waals surface area contributed by atoms with Crippen LogP contribution in [0.25, 0.3) is 0 Å². The molecule has 2 aliphatic rings. The Bertz CT molecular complexity index is 588. The van der Waals surface area contributed by atoms with Crippen LogP contribution >= 0.6 is 0 Å². The van der Waals surface area contributed by atoms with Crippen molar-refractivity contribution in [3.05, 3.63) is 11.1 Å². The fourth-order valence-corrected chi connectivity index (χ4v) is 2.62. The van der Waals surface area contributed by atoms with Gasteiger partial charge in [0.2, 0.25) is 0 Å². The summed E-state index contributed by atoms with van der Waals surface area (Å²) >= 11 is 0. The van der Waals surface area contributed by atoms with Crippen molar-refractivity contribution in [2.24, 2.45) is 5.73 Å². The minimum absolute atomic E-state index is 0.149. The molecular formula is C10H5B6NO2. The van der Waals surface area contributed by atoms with Gasteiger partial charge in [-0.3, -0.25) is 0 Å². The van der Waals surface area contributed by atoms with Crippen LogP contribution in [0.1, 0.15) is 11.1 Å². The lowest BCUT2D eigenvalue weighted by Crippen LogP contribution is -2.45. The van der Waals surface area contributed by atoms with E-state index in [-0.39, 0.29) is 17.0 Å². The fourth-order valence-electron chi connectivity index (χ4n) is 2.62. The predicted octanol–water partition coefficient (Wildman–Crippen LogP) is -3.63. The van der Waals surface area contributed by atoms with Crippen molar-refractivity contribution in [2.45, 2.75) is 23.3 Å². The normalized spacial score (nSPS) is 25.2. The Hall–Kier alpha value is -0.830. The number of fused-ring (bicyclic) bond motifs is 2. The van der Waals surface area contributed by atoms with Gasteiger partial charge in [-0.05, 0) is 22.9 Å². The van der Waals surface area contributed by atoms with Gasteiger partial charge in [-0.15, -0.1) is 0 Å². The van der Waals surface area contributed by atoms with Gasteiger partial charge in [0.15, 0.2) is 32.8 Å². The lowest BCUT2D eigenvalue weighted by atomic mass is 9.48. The molecule has 12 radical (unpaired) electrons. The number of rotatable bonds is 0. The number of ether oxygens (including phenoxy) is 2. The van der Waals surface area contributed by atoms with Crippen LogP contribution in [0.2, 0.25) is 0 Å². The van der Waals surface area contributed by atoms with Crippen LogP contribution in [0.3, 0.4) is 0 Å². The first-order chi connectivity index (χ1) is 8.65. The Morgan fingerprint density at radius 1 is 1.00 bits per heavy atom. The number of nitrogens with two attached hydrogens (primary N) is 1. The van der Waals surface area contributed by atoms with E-state index in [1.54, 1.807) is 0 Å². The van der Waals surface area contributed by atoms with Gasteiger partial charge in [-0.25, -0.2) is 0 Å². The van der Waals surface area contributed by atoms with Crippen molar-refractivity contribution in [2.75, 3.05) is 0 Å². The third kappa shape index (κ3) is 1.63. The van der Waals surface area contributed by atoms with Gasteiger partial charge in [-0.1, -0.05) is 10.8 Å². The van der Waals surface area contributed by atoms with Gasteiger partial charge >= 0.3 is 0 Å². The largest absolute Gasteiger partial charge is 0.469 e. The van der Waals surface area contributed by atoms with Crippen molar-refractivity contribution in [3.63, 3.8) is 0 Å². The molecule has 0 saturated carbocycles. The summed E-state index contributed by atoms with van der Waals surface area (Å²) in [7, 11) is 35.2. The molecule has 0 spiro atoms. The zero-order chi connectivity index (χ0) is 14.2. The van der Waals surface area contributed by atoms with E-state index >= 15 is 0 Å². The molecule has 1 aliphatic carbocycles. The lowest BCUT2D eigenvalue weighted by molar-refractivity contribution is 0.0844. The van der Waals surface area contributed by atoms with Crippen LogP contribution < -0.4 is 26.1 Å². The third-order valence-corrected chi connectivity index (χ3v) is 3.59. The van der Waals surface area contributed by atoms with Gasteiger partial charge < -0.3 is 15.2 Å². The quantitative estimate of drug-likeness (QED) is 0.473. The molecule has 0 fully saturated rings. The average molecular weight is 236 g/mol.